The van der Waals surface area contributed by atoms with Gasteiger partial charge in [-0.15, -0.1) is 0 Å². The molecule has 1 heterocycles. The van der Waals surface area contributed by atoms with Crippen LogP contribution in [-0.4, -0.2) is 37.1 Å². The van der Waals surface area contributed by atoms with Gasteiger partial charge in [0.15, 0.2) is 0 Å². The summed E-state index contributed by atoms with van der Waals surface area (Å²) in [6.45, 7) is 4.25. The fourth-order valence-corrected chi connectivity index (χ4v) is 3.35. The molecule has 130 valence electrons. The quantitative estimate of drug-likeness (QED) is 0.718. The Labute approximate surface area is 151 Å². The standard InChI is InChI=1S/C23H28N2/c1-3-10-21(11-4-1)14-7-17-24-20-23-16-9-19-25(23)18-8-15-22-12-5-2-6-13-22/h1-8,10-15,23-24H,9,16-20H2/b14-7+,15-8+. The Bertz CT molecular complexity index is 661. The molecule has 3 rings (SSSR count). The van der Waals surface area contributed by atoms with Gasteiger partial charge in [-0.05, 0) is 30.5 Å². The molecule has 0 aromatic heterocycles. The summed E-state index contributed by atoms with van der Waals surface area (Å²) in [5, 5.41) is 3.58. The summed E-state index contributed by atoms with van der Waals surface area (Å²) in [5.74, 6) is 0. The van der Waals surface area contributed by atoms with Crippen molar-refractivity contribution in [1.82, 2.24) is 10.2 Å². The Kier molecular flexibility index (Phi) is 7.04. The van der Waals surface area contributed by atoms with E-state index in [1.165, 1.54) is 30.5 Å². The average Bonchev–Trinajstić information content (AvgIpc) is 3.11. The van der Waals surface area contributed by atoms with E-state index in [1.54, 1.807) is 0 Å². The van der Waals surface area contributed by atoms with Crippen LogP contribution >= 0.6 is 0 Å². The van der Waals surface area contributed by atoms with Crippen molar-refractivity contribution in [2.45, 2.75) is 18.9 Å². The van der Waals surface area contributed by atoms with E-state index in [2.05, 4.69) is 95.2 Å². The summed E-state index contributed by atoms with van der Waals surface area (Å²) in [6, 6.07) is 21.7. The van der Waals surface area contributed by atoms with Gasteiger partial charge < -0.3 is 5.32 Å². The third-order valence-corrected chi connectivity index (χ3v) is 4.70. The summed E-state index contributed by atoms with van der Waals surface area (Å²) in [6.07, 6.45) is 11.5. The fourth-order valence-electron chi connectivity index (χ4n) is 3.35. The van der Waals surface area contributed by atoms with Crippen LogP contribution in [0.2, 0.25) is 0 Å². The Balaban J connectivity index is 1.38. The van der Waals surface area contributed by atoms with E-state index in [-0.39, 0.29) is 0 Å². The highest BCUT2D eigenvalue weighted by Gasteiger charge is 2.22. The SMILES string of the molecule is C(=C\c1ccccc1)/CNCC1CCCN1C/C=C/c1ccccc1. The average molecular weight is 332 g/mol. The first-order chi connectivity index (χ1) is 12.4. The first kappa shape index (κ1) is 17.7. The molecule has 0 saturated carbocycles. The molecule has 1 aliphatic rings. The van der Waals surface area contributed by atoms with Crippen molar-refractivity contribution in [1.29, 1.82) is 0 Å². The number of rotatable bonds is 8. The van der Waals surface area contributed by atoms with Gasteiger partial charge in [0.1, 0.15) is 0 Å². The van der Waals surface area contributed by atoms with Gasteiger partial charge in [0.2, 0.25) is 0 Å². The molecule has 1 N–H and O–H groups in total. The summed E-state index contributed by atoms with van der Waals surface area (Å²) in [4.78, 5) is 2.59. The van der Waals surface area contributed by atoms with E-state index >= 15 is 0 Å². The molecule has 0 bridgehead atoms. The van der Waals surface area contributed by atoms with Crippen LogP contribution in [0.15, 0.2) is 72.8 Å². The number of likely N-dealkylation sites (tertiary alicyclic amines) is 1. The predicted octanol–water partition coefficient (Wildman–Crippen LogP) is 4.47. The molecular weight excluding hydrogens is 304 g/mol. The third kappa shape index (κ3) is 6.00. The number of hydrogen-bond acceptors (Lipinski definition) is 2. The maximum absolute atomic E-state index is 3.58. The zero-order valence-electron chi connectivity index (χ0n) is 14.9. The van der Waals surface area contributed by atoms with Gasteiger partial charge in [0, 0.05) is 25.7 Å². The largest absolute Gasteiger partial charge is 0.312 e. The van der Waals surface area contributed by atoms with E-state index in [9.17, 15) is 0 Å². The Morgan fingerprint density at radius 2 is 1.52 bits per heavy atom. The zero-order chi connectivity index (χ0) is 17.2. The van der Waals surface area contributed by atoms with Gasteiger partial charge in [-0.3, -0.25) is 4.90 Å². The normalized spacial score (nSPS) is 18.5. The molecule has 2 aromatic rings. The second-order valence-electron chi connectivity index (χ2n) is 6.58. The Morgan fingerprint density at radius 3 is 2.20 bits per heavy atom. The summed E-state index contributed by atoms with van der Waals surface area (Å²) in [5.41, 5.74) is 2.54. The highest BCUT2D eigenvalue weighted by atomic mass is 15.2. The molecule has 0 radical (unpaired) electrons. The molecular formula is C23H28N2. The minimum absolute atomic E-state index is 0.658. The molecule has 1 aliphatic heterocycles. The molecule has 0 amide bonds. The van der Waals surface area contributed by atoms with Gasteiger partial charge >= 0.3 is 0 Å². The van der Waals surface area contributed by atoms with Crippen molar-refractivity contribution in [2.24, 2.45) is 0 Å². The molecule has 0 aliphatic carbocycles. The first-order valence-corrected chi connectivity index (χ1v) is 9.30. The smallest absolute Gasteiger partial charge is 0.0224 e. The molecule has 0 spiro atoms. The highest BCUT2D eigenvalue weighted by Crippen LogP contribution is 2.16. The maximum Gasteiger partial charge on any atom is 0.0224 e. The van der Waals surface area contributed by atoms with Crippen molar-refractivity contribution in [3.63, 3.8) is 0 Å². The van der Waals surface area contributed by atoms with Crippen LogP contribution in [0.4, 0.5) is 0 Å². The van der Waals surface area contributed by atoms with Crippen LogP contribution < -0.4 is 5.32 Å². The van der Waals surface area contributed by atoms with Gasteiger partial charge in [0.05, 0.1) is 0 Å². The zero-order valence-corrected chi connectivity index (χ0v) is 14.9. The van der Waals surface area contributed by atoms with Crippen LogP contribution in [0.25, 0.3) is 12.2 Å². The molecule has 25 heavy (non-hydrogen) atoms. The number of nitrogens with zero attached hydrogens (tertiary/aromatic N) is 1. The predicted molar refractivity (Wildman–Crippen MR) is 108 cm³/mol. The van der Waals surface area contributed by atoms with Crippen LogP contribution in [0, 0.1) is 0 Å². The monoisotopic (exact) mass is 332 g/mol. The topological polar surface area (TPSA) is 15.3 Å². The Morgan fingerprint density at radius 1 is 0.880 bits per heavy atom. The van der Waals surface area contributed by atoms with Crippen molar-refractivity contribution in [3.8, 4) is 0 Å². The van der Waals surface area contributed by atoms with Crippen molar-refractivity contribution >= 4 is 12.2 Å². The van der Waals surface area contributed by atoms with Crippen molar-refractivity contribution in [2.75, 3.05) is 26.2 Å². The van der Waals surface area contributed by atoms with Crippen molar-refractivity contribution < 1.29 is 0 Å². The van der Waals surface area contributed by atoms with Crippen molar-refractivity contribution in [3.05, 3.63) is 83.9 Å². The lowest BCUT2D eigenvalue weighted by Crippen LogP contribution is -2.38. The van der Waals surface area contributed by atoms with Crippen LogP contribution in [-0.2, 0) is 0 Å². The van der Waals surface area contributed by atoms with E-state index in [1.807, 2.05) is 0 Å². The Hall–Kier alpha value is -2.16. The van der Waals surface area contributed by atoms with E-state index in [0.29, 0.717) is 6.04 Å². The van der Waals surface area contributed by atoms with Crippen LogP contribution in [0.3, 0.4) is 0 Å². The first-order valence-electron chi connectivity index (χ1n) is 9.30. The lowest BCUT2D eigenvalue weighted by Gasteiger charge is -2.23. The molecule has 1 fully saturated rings. The van der Waals surface area contributed by atoms with E-state index in [0.717, 1.165) is 19.6 Å². The molecule has 1 saturated heterocycles. The molecule has 1 unspecified atom stereocenters. The van der Waals surface area contributed by atoms with Crippen LogP contribution in [0.5, 0.6) is 0 Å². The number of hydrogen-bond donors (Lipinski definition) is 1. The number of nitrogens with one attached hydrogen (secondary N) is 1. The summed E-state index contributed by atoms with van der Waals surface area (Å²) in [7, 11) is 0. The molecule has 1 atom stereocenters. The second kappa shape index (κ2) is 9.97. The van der Waals surface area contributed by atoms with Gasteiger partial charge in [-0.25, -0.2) is 0 Å². The third-order valence-electron chi connectivity index (χ3n) is 4.70. The minimum atomic E-state index is 0.658. The lowest BCUT2D eigenvalue weighted by molar-refractivity contribution is 0.275. The van der Waals surface area contributed by atoms with Crippen LogP contribution in [0.1, 0.15) is 24.0 Å². The highest BCUT2D eigenvalue weighted by molar-refractivity contribution is 5.49. The molecule has 2 heteroatoms. The maximum atomic E-state index is 3.58. The molecule has 2 nitrogen and oxygen atoms in total. The fraction of sp³-hybridized carbons (Fsp3) is 0.304. The second-order valence-corrected chi connectivity index (χ2v) is 6.58. The van der Waals surface area contributed by atoms with Gasteiger partial charge in [-0.2, -0.15) is 0 Å². The van der Waals surface area contributed by atoms with E-state index < -0.39 is 0 Å². The van der Waals surface area contributed by atoms with Gasteiger partial charge in [-0.1, -0.05) is 85.0 Å². The lowest BCUT2D eigenvalue weighted by atomic mass is 10.2. The summed E-state index contributed by atoms with van der Waals surface area (Å²) < 4.78 is 0. The van der Waals surface area contributed by atoms with E-state index in [4.69, 9.17) is 0 Å². The van der Waals surface area contributed by atoms with Gasteiger partial charge in [0.25, 0.3) is 0 Å². The number of benzene rings is 2. The minimum Gasteiger partial charge on any atom is -0.312 e. The molecule has 2 aromatic carbocycles. The summed E-state index contributed by atoms with van der Waals surface area (Å²) >= 11 is 0.